The molecule has 0 spiro atoms. The summed E-state index contributed by atoms with van der Waals surface area (Å²) in [5.74, 6) is 0.133. The summed E-state index contributed by atoms with van der Waals surface area (Å²) in [7, 11) is 3.57. The van der Waals surface area contributed by atoms with Crippen molar-refractivity contribution in [3.63, 3.8) is 0 Å². The summed E-state index contributed by atoms with van der Waals surface area (Å²) in [5, 5.41) is 3.06. The van der Waals surface area contributed by atoms with Gasteiger partial charge in [0, 0.05) is 44.1 Å². The van der Waals surface area contributed by atoms with E-state index in [4.69, 9.17) is 4.74 Å². The molecule has 0 saturated carbocycles. The van der Waals surface area contributed by atoms with Gasteiger partial charge in [0.15, 0.2) is 0 Å². The molecule has 0 aromatic heterocycles. The number of amides is 2. The Morgan fingerprint density at radius 3 is 2.67 bits per heavy atom. The number of likely N-dealkylation sites (N-methyl/N-ethyl adjacent to an activating group) is 1. The van der Waals surface area contributed by atoms with Crippen LogP contribution in [-0.2, 0) is 16.0 Å². The van der Waals surface area contributed by atoms with E-state index < -0.39 is 5.54 Å². The van der Waals surface area contributed by atoms with Crippen molar-refractivity contribution in [2.45, 2.75) is 43.7 Å². The van der Waals surface area contributed by atoms with E-state index >= 15 is 0 Å². The van der Waals surface area contributed by atoms with Crippen LogP contribution in [0.15, 0.2) is 48.5 Å². The summed E-state index contributed by atoms with van der Waals surface area (Å²) in [6, 6.07) is 14.9. The maximum atomic E-state index is 14.7. The third-order valence-electron chi connectivity index (χ3n) is 6.93. The van der Waals surface area contributed by atoms with Gasteiger partial charge in [0.05, 0.1) is 13.2 Å². The number of nitrogens with one attached hydrogen (secondary N) is 1. The first-order valence-corrected chi connectivity index (χ1v) is 11.6. The average Bonchev–Trinajstić information content (AvgIpc) is 3.20. The Kier molecular flexibility index (Phi) is 6.98. The van der Waals surface area contributed by atoms with Gasteiger partial charge in [-0.3, -0.25) is 9.59 Å². The number of rotatable bonds is 7. The molecule has 0 radical (unpaired) electrons. The van der Waals surface area contributed by atoms with E-state index in [2.05, 4.69) is 29.4 Å². The molecule has 6 nitrogen and oxygen atoms in total. The van der Waals surface area contributed by atoms with Gasteiger partial charge in [0.2, 0.25) is 11.8 Å². The van der Waals surface area contributed by atoms with Crippen molar-refractivity contribution in [2.24, 2.45) is 0 Å². The number of ether oxygens (including phenoxy) is 1. The molecular formula is C26H32FN3O3. The average molecular weight is 454 g/mol. The molecule has 2 amide bonds. The lowest BCUT2D eigenvalue weighted by Gasteiger charge is -2.41. The number of hydrogen-bond acceptors (Lipinski definition) is 4. The number of nitrogens with zero attached hydrogens (tertiary/aromatic N) is 2. The maximum Gasteiger partial charge on any atom is 0.223 e. The highest BCUT2D eigenvalue weighted by atomic mass is 19.1. The Morgan fingerprint density at radius 2 is 2.00 bits per heavy atom. The van der Waals surface area contributed by atoms with Crippen molar-refractivity contribution in [3.05, 3.63) is 65.5 Å². The Labute approximate surface area is 194 Å². The number of benzene rings is 2. The molecule has 0 unspecified atom stereocenters. The second kappa shape index (κ2) is 9.91. The third-order valence-corrected chi connectivity index (χ3v) is 6.93. The second-order valence-corrected chi connectivity index (χ2v) is 9.24. The minimum absolute atomic E-state index is 0.00519. The summed E-state index contributed by atoms with van der Waals surface area (Å²) in [5.41, 5.74) is 1.03. The van der Waals surface area contributed by atoms with Crippen LogP contribution in [0.4, 0.5) is 4.39 Å². The maximum absolute atomic E-state index is 14.7. The number of methoxy groups -OCH3 is 1. The molecule has 33 heavy (non-hydrogen) atoms. The molecule has 2 aromatic rings. The molecule has 2 atom stereocenters. The van der Waals surface area contributed by atoms with Crippen LogP contribution >= 0.6 is 0 Å². The van der Waals surface area contributed by atoms with E-state index in [1.54, 1.807) is 12.1 Å². The standard InChI is InChI=1S/C26H32FN3O3/c1-29-14-15-30(23(18-29)19-6-4-3-5-7-19)25(32)11-13-26(12-10-24(31)28-26)17-20-8-9-21(33-2)16-22(20)27/h3-9,16,23H,10-15,17-18H2,1-2H3,(H,28,31)/t23-,26-/m1/s1. The normalized spacial score (nSPS) is 23.4. The monoisotopic (exact) mass is 453 g/mol. The molecule has 7 heteroatoms. The van der Waals surface area contributed by atoms with E-state index in [1.807, 2.05) is 23.1 Å². The van der Waals surface area contributed by atoms with Gasteiger partial charge < -0.3 is 19.9 Å². The van der Waals surface area contributed by atoms with Gasteiger partial charge in [-0.15, -0.1) is 0 Å². The molecule has 2 saturated heterocycles. The van der Waals surface area contributed by atoms with E-state index in [1.165, 1.54) is 13.2 Å². The zero-order valence-corrected chi connectivity index (χ0v) is 19.4. The third kappa shape index (κ3) is 5.36. The molecule has 1 N–H and O–H groups in total. The van der Waals surface area contributed by atoms with Crippen LogP contribution in [-0.4, -0.2) is 60.9 Å². The highest BCUT2D eigenvalue weighted by molar-refractivity contribution is 5.80. The Balaban J connectivity index is 1.48. The quantitative estimate of drug-likeness (QED) is 0.699. The molecule has 2 aliphatic rings. The van der Waals surface area contributed by atoms with Crippen LogP contribution in [0, 0.1) is 5.82 Å². The molecule has 2 aromatic carbocycles. The van der Waals surface area contributed by atoms with E-state index in [0.717, 1.165) is 18.7 Å². The van der Waals surface area contributed by atoms with Crippen LogP contribution in [0.25, 0.3) is 0 Å². The van der Waals surface area contributed by atoms with Gasteiger partial charge in [-0.25, -0.2) is 4.39 Å². The molecule has 176 valence electrons. The topological polar surface area (TPSA) is 61.9 Å². The summed E-state index contributed by atoms with van der Waals surface area (Å²) in [6.45, 7) is 2.28. The van der Waals surface area contributed by atoms with Crippen molar-refractivity contribution in [1.29, 1.82) is 0 Å². The Hall–Kier alpha value is -2.93. The second-order valence-electron chi connectivity index (χ2n) is 9.24. The van der Waals surface area contributed by atoms with Crippen molar-refractivity contribution in [3.8, 4) is 5.75 Å². The molecule has 0 aliphatic carbocycles. The molecule has 4 rings (SSSR count). The SMILES string of the molecule is COc1ccc(C[C@]2(CCC(=O)N3CCN(C)C[C@@H]3c3ccccc3)CCC(=O)N2)c(F)c1. The Morgan fingerprint density at radius 1 is 1.21 bits per heavy atom. The van der Waals surface area contributed by atoms with E-state index in [9.17, 15) is 14.0 Å². The van der Waals surface area contributed by atoms with Gasteiger partial charge in [0.25, 0.3) is 0 Å². The highest BCUT2D eigenvalue weighted by Crippen LogP contribution is 2.33. The van der Waals surface area contributed by atoms with Gasteiger partial charge in [-0.2, -0.15) is 0 Å². The predicted octanol–water partition coefficient (Wildman–Crippen LogP) is 3.32. The first-order chi connectivity index (χ1) is 15.9. The van der Waals surface area contributed by atoms with Crippen LogP contribution in [0.2, 0.25) is 0 Å². The van der Waals surface area contributed by atoms with Crippen LogP contribution in [0.3, 0.4) is 0 Å². The minimum atomic E-state index is -0.614. The summed E-state index contributed by atoms with van der Waals surface area (Å²) in [4.78, 5) is 29.7. The molecule has 2 aliphatic heterocycles. The Bertz CT molecular complexity index is 1000. The van der Waals surface area contributed by atoms with Crippen LogP contribution < -0.4 is 10.1 Å². The summed E-state index contributed by atoms with van der Waals surface area (Å²) >= 11 is 0. The number of hydrogen-bond donors (Lipinski definition) is 1. The van der Waals surface area contributed by atoms with Gasteiger partial charge in [-0.1, -0.05) is 36.4 Å². The zero-order chi connectivity index (χ0) is 23.4. The van der Waals surface area contributed by atoms with Crippen molar-refractivity contribution in [1.82, 2.24) is 15.1 Å². The zero-order valence-electron chi connectivity index (χ0n) is 19.4. The fourth-order valence-electron chi connectivity index (χ4n) is 5.01. The van der Waals surface area contributed by atoms with Gasteiger partial charge >= 0.3 is 0 Å². The molecule has 0 bridgehead atoms. The lowest BCUT2D eigenvalue weighted by atomic mass is 9.84. The number of carbonyl (C=O) groups is 2. The van der Waals surface area contributed by atoms with Crippen LogP contribution in [0.1, 0.15) is 42.9 Å². The van der Waals surface area contributed by atoms with Gasteiger partial charge in [0.1, 0.15) is 11.6 Å². The van der Waals surface area contributed by atoms with E-state index in [0.29, 0.717) is 50.0 Å². The predicted molar refractivity (Wildman–Crippen MR) is 124 cm³/mol. The molecule has 2 heterocycles. The van der Waals surface area contributed by atoms with Crippen molar-refractivity contribution in [2.75, 3.05) is 33.8 Å². The van der Waals surface area contributed by atoms with Crippen LogP contribution in [0.5, 0.6) is 5.75 Å². The number of halogens is 1. The lowest BCUT2D eigenvalue weighted by molar-refractivity contribution is -0.136. The minimum Gasteiger partial charge on any atom is -0.497 e. The first kappa shape index (κ1) is 23.2. The molecular weight excluding hydrogens is 421 g/mol. The highest BCUT2D eigenvalue weighted by Gasteiger charge is 2.39. The number of piperazine rings is 1. The molecule has 2 fully saturated rings. The fraction of sp³-hybridized carbons (Fsp3) is 0.462. The van der Waals surface area contributed by atoms with Gasteiger partial charge in [-0.05, 0) is 43.5 Å². The number of carbonyl (C=O) groups excluding carboxylic acids is 2. The largest absolute Gasteiger partial charge is 0.497 e. The summed E-state index contributed by atoms with van der Waals surface area (Å²) in [6.07, 6.45) is 2.14. The fourth-order valence-corrected chi connectivity index (χ4v) is 5.01. The lowest BCUT2D eigenvalue weighted by Crippen LogP contribution is -2.50. The summed E-state index contributed by atoms with van der Waals surface area (Å²) < 4.78 is 19.7. The van der Waals surface area contributed by atoms with Crippen molar-refractivity contribution >= 4 is 11.8 Å². The van der Waals surface area contributed by atoms with E-state index in [-0.39, 0.29) is 23.7 Å². The smallest absolute Gasteiger partial charge is 0.223 e. The first-order valence-electron chi connectivity index (χ1n) is 11.6. The van der Waals surface area contributed by atoms with Crippen molar-refractivity contribution < 1.29 is 18.7 Å².